The zero-order valence-electron chi connectivity index (χ0n) is 7.50. The van der Waals surface area contributed by atoms with Crippen molar-refractivity contribution in [3.8, 4) is 11.3 Å². The van der Waals surface area contributed by atoms with Gasteiger partial charge in [0, 0.05) is 0 Å². The van der Waals surface area contributed by atoms with Crippen molar-refractivity contribution in [2.45, 2.75) is 0 Å². The quantitative estimate of drug-likeness (QED) is 0.768. The largest absolute Gasteiger partial charge is 0.336 e. The molecule has 0 amide bonds. The van der Waals surface area contributed by atoms with Crippen LogP contribution in [0.2, 0.25) is 0 Å². The minimum atomic E-state index is -0.698. The number of carbonyl (C=O) groups is 1. The summed E-state index contributed by atoms with van der Waals surface area (Å²) in [6.07, 6.45) is 1.69. The highest BCUT2D eigenvalue weighted by molar-refractivity contribution is 5.72. The van der Waals surface area contributed by atoms with Gasteiger partial charge in [-0.2, -0.15) is 0 Å². The fourth-order valence-corrected chi connectivity index (χ4v) is 1.28. The fraction of sp³-hybridized carbons (Fsp3) is 0. The maximum atomic E-state index is 13.3. The van der Waals surface area contributed by atoms with Crippen LogP contribution in [0.15, 0.2) is 24.4 Å². The van der Waals surface area contributed by atoms with E-state index in [9.17, 15) is 13.6 Å². The Balaban J connectivity index is 2.58. The van der Waals surface area contributed by atoms with E-state index in [0.29, 0.717) is 6.29 Å². The molecule has 0 radical (unpaired) electrons. The van der Waals surface area contributed by atoms with E-state index < -0.39 is 11.6 Å². The van der Waals surface area contributed by atoms with Gasteiger partial charge >= 0.3 is 0 Å². The first-order chi connectivity index (χ1) is 7.22. The summed E-state index contributed by atoms with van der Waals surface area (Å²) in [5.74, 6) is -1.36. The third-order valence-electron chi connectivity index (χ3n) is 1.94. The number of imidazole rings is 1. The van der Waals surface area contributed by atoms with Gasteiger partial charge in [0.25, 0.3) is 0 Å². The van der Waals surface area contributed by atoms with E-state index in [-0.39, 0.29) is 17.1 Å². The Morgan fingerprint density at radius 3 is 2.47 bits per heavy atom. The van der Waals surface area contributed by atoms with Crippen LogP contribution in [0.25, 0.3) is 11.3 Å². The van der Waals surface area contributed by atoms with Gasteiger partial charge in [0.15, 0.2) is 12.1 Å². The van der Waals surface area contributed by atoms with Crippen LogP contribution in [-0.2, 0) is 0 Å². The van der Waals surface area contributed by atoms with Crippen LogP contribution in [0.4, 0.5) is 8.78 Å². The standard InChI is InChI=1S/C10H6F2N2O/c11-6-2-1-3-7(12)10(6)8-4-13-9(5-15)14-8/h1-5H,(H,13,14). The SMILES string of the molecule is O=Cc1ncc(-c2c(F)cccc2F)[nH]1. The summed E-state index contributed by atoms with van der Waals surface area (Å²) in [6.45, 7) is 0. The molecule has 5 heteroatoms. The summed E-state index contributed by atoms with van der Waals surface area (Å²) in [4.78, 5) is 16.5. The van der Waals surface area contributed by atoms with Gasteiger partial charge in [-0.3, -0.25) is 4.79 Å². The molecule has 1 heterocycles. The number of aromatic amines is 1. The first-order valence-corrected chi connectivity index (χ1v) is 4.17. The van der Waals surface area contributed by atoms with Gasteiger partial charge in [0.2, 0.25) is 0 Å². The smallest absolute Gasteiger partial charge is 0.185 e. The van der Waals surface area contributed by atoms with Crippen molar-refractivity contribution in [3.05, 3.63) is 41.9 Å². The number of aromatic nitrogens is 2. The number of aldehydes is 1. The number of halogens is 2. The van der Waals surface area contributed by atoms with E-state index in [4.69, 9.17) is 0 Å². The first-order valence-electron chi connectivity index (χ1n) is 4.17. The predicted molar refractivity (Wildman–Crippen MR) is 49.3 cm³/mol. The molecule has 76 valence electrons. The normalized spacial score (nSPS) is 10.3. The van der Waals surface area contributed by atoms with Gasteiger partial charge in [-0.15, -0.1) is 0 Å². The molecule has 0 aliphatic carbocycles. The Labute approximate surface area is 83.8 Å². The van der Waals surface area contributed by atoms with Crippen LogP contribution >= 0.6 is 0 Å². The molecule has 1 aromatic heterocycles. The summed E-state index contributed by atoms with van der Waals surface area (Å²) in [7, 11) is 0. The highest BCUT2D eigenvalue weighted by Gasteiger charge is 2.12. The Morgan fingerprint density at radius 1 is 1.27 bits per heavy atom. The van der Waals surface area contributed by atoms with Gasteiger partial charge in [-0.1, -0.05) is 6.07 Å². The third-order valence-corrected chi connectivity index (χ3v) is 1.94. The molecule has 1 aromatic carbocycles. The second kappa shape index (κ2) is 3.61. The van der Waals surface area contributed by atoms with Crippen LogP contribution in [0.3, 0.4) is 0 Å². The van der Waals surface area contributed by atoms with Crippen LogP contribution < -0.4 is 0 Å². The van der Waals surface area contributed by atoms with Crippen molar-refractivity contribution in [2.75, 3.05) is 0 Å². The van der Waals surface area contributed by atoms with E-state index in [0.717, 1.165) is 12.1 Å². The molecule has 0 unspecified atom stereocenters. The maximum absolute atomic E-state index is 13.3. The molecule has 0 spiro atoms. The fourth-order valence-electron chi connectivity index (χ4n) is 1.28. The minimum Gasteiger partial charge on any atom is -0.336 e. The number of hydrogen-bond donors (Lipinski definition) is 1. The highest BCUT2D eigenvalue weighted by atomic mass is 19.1. The number of benzene rings is 1. The van der Waals surface area contributed by atoms with Crippen molar-refractivity contribution in [2.24, 2.45) is 0 Å². The lowest BCUT2D eigenvalue weighted by Crippen LogP contribution is -1.90. The van der Waals surface area contributed by atoms with Crippen LogP contribution in [0.5, 0.6) is 0 Å². The molecule has 0 aliphatic heterocycles. The van der Waals surface area contributed by atoms with Gasteiger partial charge in [0.1, 0.15) is 11.6 Å². The summed E-state index contributed by atoms with van der Waals surface area (Å²) < 4.78 is 26.5. The van der Waals surface area contributed by atoms with Crippen molar-refractivity contribution in [1.82, 2.24) is 9.97 Å². The molecule has 0 bridgehead atoms. The van der Waals surface area contributed by atoms with E-state index >= 15 is 0 Å². The van der Waals surface area contributed by atoms with Crippen molar-refractivity contribution in [1.29, 1.82) is 0 Å². The Bertz CT molecular complexity index is 488. The highest BCUT2D eigenvalue weighted by Crippen LogP contribution is 2.23. The average molecular weight is 208 g/mol. The topological polar surface area (TPSA) is 45.8 Å². The Hall–Kier alpha value is -2.04. The molecule has 1 N–H and O–H groups in total. The monoisotopic (exact) mass is 208 g/mol. The number of nitrogens with zero attached hydrogens (tertiary/aromatic N) is 1. The van der Waals surface area contributed by atoms with Gasteiger partial charge < -0.3 is 4.98 Å². The van der Waals surface area contributed by atoms with Crippen LogP contribution in [0, 0.1) is 11.6 Å². The lowest BCUT2D eigenvalue weighted by molar-refractivity contribution is 0.111. The number of carbonyl (C=O) groups excluding carboxylic acids is 1. The molecule has 2 aromatic rings. The average Bonchev–Trinajstić information content (AvgIpc) is 2.66. The zero-order chi connectivity index (χ0) is 10.8. The summed E-state index contributed by atoms with van der Waals surface area (Å²) in [5, 5.41) is 0. The second-order valence-electron chi connectivity index (χ2n) is 2.90. The van der Waals surface area contributed by atoms with Crippen molar-refractivity contribution in [3.63, 3.8) is 0 Å². The third kappa shape index (κ3) is 1.63. The van der Waals surface area contributed by atoms with Crippen LogP contribution in [-0.4, -0.2) is 16.3 Å². The molecule has 15 heavy (non-hydrogen) atoms. The number of rotatable bonds is 2. The van der Waals surface area contributed by atoms with Crippen LogP contribution in [0.1, 0.15) is 10.6 Å². The molecule has 0 atom stereocenters. The minimum absolute atomic E-state index is 0.0349. The lowest BCUT2D eigenvalue weighted by Gasteiger charge is -2.00. The van der Waals surface area contributed by atoms with E-state index in [1.807, 2.05) is 0 Å². The molecular weight excluding hydrogens is 202 g/mol. The number of hydrogen-bond acceptors (Lipinski definition) is 2. The van der Waals surface area contributed by atoms with Gasteiger partial charge in [-0.05, 0) is 12.1 Å². The lowest BCUT2D eigenvalue weighted by atomic mass is 10.1. The zero-order valence-corrected chi connectivity index (χ0v) is 7.50. The summed E-state index contributed by atoms with van der Waals surface area (Å²) >= 11 is 0. The molecule has 2 rings (SSSR count). The number of nitrogens with one attached hydrogen (secondary N) is 1. The van der Waals surface area contributed by atoms with Crippen molar-refractivity contribution < 1.29 is 13.6 Å². The molecular formula is C10H6F2N2O. The number of H-pyrrole nitrogens is 1. The molecule has 0 fully saturated rings. The van der Waals surface area contributed by atoms with Gasteiger partial charge in [0.05, 0.1) is 17.5 Å². The first kappa shape index (κ1) is 9.51. The van der Waals surface area contributed by atoms with E-state index in [1.54, 1.807) is 0 Å². The molecule has 0 aliphatic rings. The Morgan fingerprint density at radius 2 is 1.93 bits per heavy atom. The second-order valence-corrected chi connectivity index (χ2v) is 2.90. The van der Waals surface area contributed by atoms with E-state index in [1.165, 1.54) is 12.3 Å². The molecule has 3 nitrogen and oxygen atoms in total. The summed E-state index contributed by atoms with van der Waals surface area (Å²) in [6, 6.07) is 3.55. The Kier molecular flexibility index (Phi) is 2.29. The predicted octanol–water partition coefficient (Wildman–Crippen LogP) is 2.17. The van der Waals surface area contributed by atoms with E-state index in [2.05, 4.69) is 9.97 Å². The molecule has 0 saturated heterocycles. The van der Waals surface area contributed by atoms with Crippen molar-refractivity contribution >= 4 is 6.29 Å². The molecule has 0 saturated carbocycles. The van der Waals surface area contributed by atoms with Gasteiger partial charge in [-0.25, -0.2) is 13.8 Å². The summed E-state index contributed by atoms with van der Waals surface area (Å²) in [5.41, 5.74) is -0.0641. The maximum Gasteiger partial charge on any atom is 0.185 e.